The predicted octanol–water partition coefficient (Wildman–Crippen LogP) is 3.04. The first-order valence-corrected chi connectivity index (χ1v) is 4.30. The van der Waals surface area contributed by atoms with E-state index in [2.05, 4.69) is 18.2 Å². The molecule has 2 nitrogen and oxygen atoms in total. The van der Waals surface area contributed by atoms with Gasteiger partial charge in [-0.05, 0) is 20.0 Å². The lowest BCUT2D eigenvalue weighted by Gasteiger charge is -2.15. The molecule has 0 aromatic carbocycles. The molecule has 12 heavy (non-hydrogen) atoms. The van der Waals surface area contributed by atoms with Gasteiger partial charge in [-0.1, -0.05) is 27.0 Å². The smallest absolute Gasteiger partial charge is 0.105 e. The first-order chi connectivity index (χ1) is 5.76. The van der Waals surface area contributed by atoms with Crippen molar-refractivity contribution in [2.24, 2.45) is 4.99 Å². The number of hydrogen-bond donors (Lipinski definition) is 0. The van der Waals surface area contributed by atoms with Crippen LogP contribution in [0, 0.1) is 0 Å². The fourth-order valence-electron chi connectivity index (χ4n) is 0.696. The van der Waals surface area contributed by atoms with Gasteiger partial charge < -0.3 is 4.90 Å². The lowest BCUT2D eigenvalue weighted by molar-refractivity contribution is 0.588. The molecule has 2 heteroatoms. The van der Waals surface area contributed by atoms with E-state index in [1.54, 1.807) is 6.20 Å². The molecule has 0 aromatic rings. The van der Waals surface area contributed by atoms with Crippen LogP contribution in [0.3, 0.4) is 0 Å². The molecule has 0 bridgehead atoms. The second-order valence-corrected chi connectivity index (χ2v) is 1.83. The van der Waals surface area contributed by atoms with Crippen LogP contribution in [-0.2, 0) is 0 Å². The molecule has 0 radical (unpaired) electrons. The van der Waals surface area contributed by atoms with E-state index in [4.69, 9.17) is 0 Å². The van der Waals surface area contributed by atoms with E-state index in [1.807, 2.05) is 32.6 Å². The molecule has 70 valence electrons. The first kappa shape index (κ1) is 13.5. The van der Waals surface area contributed by atoms with Gasteiger partial charge in [0.2, 0.25) is 0 Å². The highest BCUT2D eigenvalue weighted by molar-refractivity contribution is 5.81. The summed E-state index contributed by atoms with van der Waals surface area (Å²) in [5.74, 6) is 0.924. The fraction of sp³-hybridized carbons (Fsp3) is 0.500. The van der Waals surface area contributed by atoms with E-state index >= 15 is 0 Å². The molecular formula is C10H20N2. The van der Waals surface area contributed by atoms with Crippen LogP contribution < -0.4 is 0 Å². The van der Waals surface area contributed by atoms with Gasteiger partial charge >= 0.3 is 0 Å². The molecular weight excluding hydrogens is 148 g/mol. The molecule has 0 aliphatic rings. The van der Waals surface area contributed by atoms with E-state index in [0.717, 1.165) is 12.4 Å². The van der Waals surface area contributed by atoms with Crippen molar-refractivity contribution >= 4 is 5.84 Å². The largest absolute Gasteiger partial charge is 0.338 e. The molecule has 0 atom stereocenters. The van der Waals surface area contributed by atoms with Crippen LogP contribution in [0.1, 0.15) is 27.7 Å². The molecule has 0 rings (SSSR count). The van der Waals surface area contributed by atoms with Gasteiger partial charge in [0, 0.05) is 12.7 Å². The Morgan fingerprint density at radius 1 is 1.42 bits per heavy atom. The minimum Gasteiger partial charge on any atom is -0.338 e. The minimum atomic E-state index is 0.896. The van der Waals surface area contributed by atoms with E-state index in [1.165, 1.54) is 6.20 Å². The molecule has 0 saturated heterocycles. The average molecular weight is 168 g/mol. The summed E-state index contributed by atoms with van der Waals surface area (Å²) in [6.07, 6.45) is 3.28. The van der Waals surface area contributed by atoms with Crippen molar-refractivity contribution in [2.75, 3.05) is 6.54 Å². The highest BCUT2D eigenvalue weighted by Gasteiger charge is 1.95. The molecule has 0 aliphatic heterocycles. The Bertz CT molecular complexity index is 148. The fourth-order valence-corrected chi connectivity index (χ4v) is 0.696. The van der Waals surface area contributed by atoms with Gasteiger partial charge in [-0.2, -0.15) is 0 Å². The second kappa shape index (κ2) is 9.95. The molecule has 0 saturated carbocycles. The molecule has 0 unspecified atom stereocenters. The van der Waals surface area contributed by atoms with Gasteiger partial charge in [0.25, 0.3) is 0 Å². The van der Waals surface area contributed by atoms with Gasteiger partial charge in [-0.25, -0.2) is 4.99 Å². The third-order valence-electron chi connectivity index (χ3n) is 1.25. The summed E-state index contributed by atoms with van der Waals surface area (Å²) in [5, 5.41) is 0. The molecule has 0 heterocycles. The third kappa shape index (κ3) is 5.71. The Morgan fingerprint density at radius 3 is 2.17 bits per heavy atom. The number of rotatable bonds is 3. The van der Waals surface area contributed by atoms with E-state index < -0.39 is 0 Å². The van der Waals surface area contributed by atoms with Crippen LogP contribution >= 0.6 is 0 Å². The van der Waals surface area contributed by atoms with Crippen molar-refractivity contribution in [1.82, 2.24) is 4.90 Å². The Labute approximate surface area is 76.3 Å². The zero-order valence-electron chi connectivity index (χ0n) is 8.67. The van der Waals surface area contributed by atoms with Gasteiger partial charge in [-0.3, -0.25) is 0 Å². The molecule has 0 aliphatic carbocycles. The summed E-state index contributed by atoms with van der Waals surface area (Å²) in [5.41, 5.74) is 0. The maximum absolute atomic E-state index is 4.00. The van der Waals surface area contributed by atoms with E-state index in [-0.39, 0.29) is 0 Å². The van der Waals surface area contributed by atoms with E-state index in [9.17, 15) is 0 Å². The Kier molecular flexibility index (Phi) is 11.2. The first-order valence-electron chi connectivity index (χ1n) is 4.30. The molecule has 0 amide bonds. The quantitative estimate of drug-likeness (QED) is 0.467. The van der Waals surface area contributed by atoms with Gasteiger partial charge in [0.1, 0.15) is 5.84 Å². The standard InChI is InChI=1S/C8H14N2.C2H6/c1-5-9-8(4)10(6-2)7-3;1-2/h5-6H,1-2,7H2,3-4H3;1-2H3. The topological polar surface area (TPSA) is 15.6 Å². The van der Waals surface area contributed by atoms with Crippen molar-refractivity contribution in [2.45, 2.75) is 27.7 Å². The van der Waals surface area contributed by atoms with Crippen LogP contribution in [0.4, 0.5) is 0 Å². The maximum Gasteiger partial charge on any atom is 0.105 e. The second-order valence-electron chi connectivity index (χ2n) is 1.83. The molecule has 0 spiro atoms. The molecule has 0 fully saturated rings. The van der Waals surface area contributed by atoms with Crippen LogP contribution in [0.2, 0.25) is 0 Å². The zero-order chi connectivity index (χ0) is 9.98. The summed E-state index contributed by atoms with van der Waals surface area (Å²) < 4.78 is 0. The number of amidine groups is 1. The summed E-state index contributed by atoms with van der Waals surface area (Å²) in [6, 6.07) is 0. The van der Waals surface area contributed by atoms with Crippen molar-refractivity contribution in [1.29, 1.82) is 0 Å². The average Bonchev–Trinajstić information content (AvgIpc) is 2.11. The van der Waals surface area contributed by atoms with Gasteiger partial charge in [0.15, 0.2) is 0 Å². The van der Waals surface area contributed by atoms with Crippen LogP contribution in [-0.4, -0.2) is 17.3 Å². The SMILES string of the molecule is C=CN=C(C)N(C=C)CC.CC. The summed E-state index contributed by atoms with van der Waals surface area (Å²) in [4.78, 5) is 5.95. The lowest BCUT2D eigenvalue weighted by Crippen LogP contribution is -2.21. The summed E-state index contributed by atoms with van der Waals surface area (Å²) >= 11 is 0. The summed E-state index contributed by atoms with van der Waals surface area (Å²) in [7, 11) is 0. The van der Waals surface area contributed by atoms with Crippen molar-refractivity contribution < 1.29 is 0 Å². The van der Waals surface area contributed by atoms with Crippen LogP contribution in [0.5, 0.6) is 0 Å². The molecule has 0 N–H and O–H groups in total. The zero-order valence-corrected chi connectivity index (χ0v) is 8.67. The summed E-state index contributed by atoms with van der Waals surface area (Å²) in [6.45, 7) is 16.0. The predicted molar refractivity (Wildman–Crippen MR) is 57.2 cm³/mol. The van der Waals surface area contributed by atoms with E-state index in [0.29, 0.717) is 0 Å². The normalized spacial score (nSPS) is 9.50. The molecule has 0 aromatic heterocycles. The maximum atomic E-state index is 4.00. The Morgan fingerprint density at radius 2 is 1.92 bits per heavy atom. The number of hydrogen-bond acceptors (Lipinski definition) is 1. The van der Waals surface area contributed by atoms with Crippen molar-refractivity contribution in [3.05, 3.63) is 25.6 Å². The highest BCUT2D eigenvalue weighted by atomic mass is 15.2. The van der Waals surface area contributed by atoms with Crippen LogP contribution in [0.25, 0.3) is 0 Å². The lowest BCUT2D eigenvalue weighted by atomic mass is 10.5. The van der Waals surface area contributed by atoms with Crippen LogP contribution in [0.15, 0.2) is 30.6 Å². The monoisotopic (exact) mass is 168 g/mol. The number of aliphatic imine (C=N–C) groups is 1. The number of nitrogens with zero attached hydrogens (tertiary/aromatic N) is 2. The Hall–Kier alpha value is -1.05. The van der Waals surface area contributed by atoms with Crippen molar-refractivity contribution in [3.63, 3.8) is 0 Å². The van der Waals surface area contributed by atoms with Gasteiger partial charge in [0.05, 0.1) is 0 Å². The third-order valence-corrected chi connectivity index (χ3v) is 1.25. The van der Waals surface area contributed by atoms with Gasteiger partial charge in [-0.15, -0.1) is 0 Å². The Balaban J connectivity index is 0. The van der Waals surface area contributed by atoms with Crippen molar-refractivity contribution in [3.8, 4) is 0 Å². The highest BCUT2D eigenvalue weighted by Crippen LogP contribution is 1.91. The minimum absolute atomic E-state index is 0.896.